The van der Waals surface area contributed by atoms with E-state index in [2.05, 4.69) is 4.74 Å². The lowest BCUT2D eigenvalue weighted by molar-refractivity contribution is 0.0896. The Balaban J connectivity index is 1.95. The molecule has 0 unspecified atom stereocenters. The van der Waals surface area contributed by atoms with Crippen molar-refractivity contribution in [1.29, 1.82) is 0 Å². The van der Waals surface area contributed by atoms with Gasteiger partial charge in [-0.1, -0.05) is 46.4 Å². The second kappa shape index (κ2) is 7.75. The SMILES string of the molecule is O=C(OC(=O)Oc1cc(Cl)cc(Cl)c1)Oc1cc(Cl)cc(Cl)c1. The average molecular weight is 396 g/mol. The summed E-state index contributed by atoms with van der Waals surface area (Å²) >= 11 is 23.0. The van der Waals surface area contributed by atoms with E-state index in [9.17, 15) is 9.59 Å². The van der Waals surface area contributed by atoms with Crippen molar-refractivity contribution in [2.24, 2.45) is 0 Å². The molecular formula is C14H6Cl4O5. The molecule has 9 heteroatoms. The van der Waals surface area contributed by atoms with Crippen LogP contribution in [0.4, 0.5) is 9.59 Å². The Labute approximate surface area is 150 Å². The minimum Gasteiger partial charge on any atom is -0.394 e. The summed E-state index contributed by atoms with van der Waals surface area (Å²) in [6, 6.07) is 8.15. The molecule has 5 nitrogen and oxygen atoms in total. The van der Waals surface area contributed by atoms with Gasteiger partial charge in [0.15, 0.2) is 0 Å². The van der Waals surface area contributed by atoms with Gasteiger partial charge in [0, 0.05) is 20.1 Å². The Hall–Kier alpha value is -1.66. The fraction of sp³-hybridized carbons (Fsp3) is 0. The quantitative estimate of drug-likeness (QED) is 0.353. The highest BCUT2D eigenvalue weighted by atomic mass is 35.5. The summed E-state index contributed by atoms with van der Waals surface area (Å²) in [5, 5.41) is 0.987. The number of rotatable bonds is 2. The van der Waals surface area contributed by atoms with Crippen LogP contribution in [-0.2, 0) is 4.74 Å². The van der Waals surface area contributed by atoms with E-state index in [-0.39, 0.29) is 31.6 Å². The number of ether oxygens (including phenoxy) is 3. The van der Waals surface area contributed by atoms with E-state index >= 15 is 0 Å². The molecular weight excluding hydrogens is 390 g/mol. The molecule has 0 spiro atoms. The van der Waals surface area contributed by atoms with Crippen LogP contribution in [0.3, 0.4) is 0 Å². The van der Waals surface area contributed by atoms with Crippen molar-refractivity contribution in [3.8, 4) is 11.5 Å². The molecule has 0 saturated carbocycles. The van der Waals surface area contributed by atoms with Gasteiger partial charge < -0.3 is 14.2 Å². The Morgan fingerprint density at radius 1 is 0.609 bits per heavy atom. The molecule has 120 valence electrons. The van der Waals surface area contributed by atoms with Crippen molar-refractivity contribution in [3.05, 3.63) is 56.5 Å². The maximum absolute atomic E-state index is 11.5. The largest absolute Gasteiger partial charge is 0.524 e. The van der Waals surface area contributed by atoms with E-state index in [1.807, 2.05) is 0 Å². The van der Waals surface area contributed by atoms with Crippen molar-refractivity contribution in [2.45, 2.75) is 0 Å². The highest BCUT2D eigenvalue weighted by Gasteiger charge is 2.16. The van der Waals surface area contributed by atoms with E-state index in [0.29, 0.717) is 0 Å². The standard InChI is InChI=1S/C14H6Cl4O5/c15-7-1-8(16)4-11(3-7)21-13(19)23-14(20)22-12-5-9(17)2-10(18)6-12/h1-6H. The molecule has 0 aliphatic carbocycles. The van der Waals surface area contributed by atoms with Gasteiger partial charge in [-0.2, -0.15) is 0 Å². The molecule has 0 aliphatic rings. The molecule has 2 rings (SSSR count). The summed E-state index contributed by atoms with van der Waals surface area (Å²) < 4.78 is 13.8. The number of benzene rings is 2. The van der Waals surface area contributed by atoms with Gasteiger partial charge in [-0.25, -0.2) is 9.59 Å². The van der Waals surface area contributed by atoms with Gasteiger partial charge in [0.25, 0.3) is 0 Å². The monoisotopic (exact) mass is 394 g/mol. The van der Waals surface area contributed by atoms with Crippen molar-refractivity contribution in [1.82, 2.24) is 0 Å². The van der Waals surface area contributed by atoms with Crippen LogP contribution in [0.25, 0.3) is 0 Å². The Morgan fingerprint density at radius 3 is 1.22 bits per heavy atom. The minimum absolute atomic E-state index is 0.00565. The second-order valence-electron chi connectivity index (χ2n) is 4.02. The molecule has 23 heavy (non-hydrogen) atoms. The third kappa shape index (κ3) is 5.80. The average Bonchev–Trinajstić information content (AvgIpc) is 2.34. The third-order valence-corrected chi connectivity index (χ3v) is 3.11. The van der Waals surface area contributed by atoms with E-state index in [1.54, 1.807) is 0 Å². The van der Waals surface area contributed by atoms with Crippen LogP contribution >= 0.6 is 46.4 Å². The van der Waals surface area contributed by atoms with Crippen molar-refractivity contribution in [3.63, 3.8) is 0 Å². The first-order valence-corrected chi connectivity index (χ1v) is 7.36. The first kappa shape index (κ1) is 17.7. The first-order chi connectivity index (χ1) is 10.8. The third-order valence-electron chi connectivity index (χ3n) is 2.24. The van der Waals surface area contributed by atoms with Crippen LogP contribution < -0.4 is 9.47 Å². The van der Waals surface area contributed by atoms with Gasteiger partial charge >= 0.3 is 12.3 Å². The molecule has 0 fully saturated rings. The number of hydrogen-bond acceptors (Lipinski definition) is 5. The summed E-state index contributed by atoms with van der Waals surface area (Å²) in [5.74, 6) is 0.0113. The predicted octanol–water partition coefficient (Wildman–Crippen LogP) is 6.01. The maximum Gasteiger partial charge on any atom is 0.524 e. The molecule has 0 N–H and O–H groups in total. The molecule has 2 aromatic carbocycles. The normalized spacial score (nSPS) is 10.1. The van der Waals surface area contributed by atoms with Crippen molar-refractivity contribution in [2.75, 3.05) is 0 Å². The Kier molecular flexibility index (Phi) is 5.96. The van der Waals surface area contributed by atoms with Crippen LogP contribution in [0, 0.1) is 0 Å². The molecule has 0 aromatic heterocycles. The topological polar surface area (TPSA) is 61.8 Å². The molecule has 0 atom stereocenters. The lowest BCUT2D eigenvalue weighted by Gasteiger charge is -2.06. The number of carbonyl (C=O) groups is 2. The van der Waals surface area contributed by atoms with Crippen molar-refractivity contribution >= 4 is 58.7 Å². The summed E-state index contributed by atoms with van der Waals surface area (Å²) in [7, 11) is 0. The smallest absolute Gasteiger partial charge is 0.394 e. The molecule has 0 radical (unpaired) electrons. The van der Waals surface area contributed by atoms with E-state index in [4.69, 9.17) is 55.9 Å². The molecule has 0 heterocycles. The molecule has 0 amide bonds. The molecule has 0 saturated heterocycles. The van der Waals surface area contributed by atoms with Gasteiger partial charge in [-0.15, -0.1) is 0 Å². The second-order valence-corrected chi connectivity index (χ2v) is 5.76. The highest BCUT2D eigenvalue weighted by molar-refractivity contribution is 6.35. The van der Waals surface area contributed by atoms with Gasteiger partial charge in [0.1, 0.15) is 11.5 Å². The van der Waals surface area contributed by atoms with Gasteiger partial charge in [0.05, 0.1) is 0 Å². The van der Waals surface area contributed by atoms with Gasteiger partial charge in [-0.05, 0) is 36.4 Å². The van der Waals surface area contributed by atoms with Crippen LogP contribution in [0.2, 0.25) is 20.1 Å². The summed E-state index contributed by atoms with van der Waals surface area (Å²) in [4.78, 5) is 23.0. The van der Waals surface area contributed by atoms with Crippen LogP contribution in [0.15, 0.2) is 36.4 Å². The fourth-order valence-electron chi connectivity index (χ4n) is 1.48. The number of carbonyl (C=O) groups excluding carboxylic acids is 2. The maximum atomic E-state index is 11.5. The van der Waals surface area contributed by atoms with E-state index in [0.717, 1.165) is 0 Å². The van der Waals surface area contributed by atoms with E-state index < -0.39 is 12.3 Å². The molecule has 0 bridgehead atoms. The van der Waals surface area contributed by atoms with Gasteiger partial charge in [-0.3, -0.25) is 0 Å². The number of hydrogen-bond donors (Lipinski definition) is 0. The number of halogens is 4. The minimum atomic E-state index is -1.32. The Bertz CT molecular complexity index is 659. The zero-order valence-corrected chi connectivity index (χ0v) is 14.0. The predicted molar refractivity (Wildman–Crippen MR) is 86.1 cm³/mol. The van der Waals surface area contributed by atoms with Gasteiger partial charge in [0.2, 0.25) is 0 Å². The Morgan fingerprint density at radius 2 is 0.913 bits per heavy atom. The molecule has 2 aromatic rings. The lowest BCUT2D eigenvalue weighted by Crippen LogP contribution is -2.19. The zero-order chi connectivity index (χ0) is 17.0. The van der Waals surface area contributed by atoms with Crippen molar-refractivity contribution < 1.29 is 23.8 Å². The highest BCUT2D eigenvalue weighted by Crippen LogP contribution is 2.25. The van der Waals surface area contributed by atoms with Crippen LogP contribution in [0.1, 0.15) is 0 Å². The fourth-order valence-corrected chi connectivity index (χ4v) is 2.49. The van der Waals surface area contributed by atoms with Crippen LogP contribution in [-0.4, -0.2) is 12.3 Å². The summed E-state index contributed by atoms with van der Waals surface area (Å²) in [6.07, 6.45) is -2.64. The molecule has 0 aliphatic heterocycles. The summed E-state index contributed by atoms with van der Waals surface area (Å²) in [6.45, 7) is 0. The van der Waals surface area contributed by atoms with Crippen LogP contribution in [0.5, 0.6) is 11.5 Å². The lowest BCUT2D eigenvalue weighted by atomic mass is 10.3. The zero-order valence-electron chi connectivity index (χ0n) is 11.0. The van der Waals surface area contributed by atoms with E-state index in [1.165, 1.54) is 36.4 Å². The summed E-state index contributed by atoms with van der Waals surface area (Å²) in [5.41, 5.74) is 0. The first-order valence-electron chi connectivity index (χ1n) is 5.85.